The fraction of sp³-hybridized carbons (Fsp3) is 0.333. The predicted molar refractivity (Wildman–Crippen MR) is 107 cm³/mol. The molecule has 0 bridgehead atoms. The van der Waals surface area contributed by atoms with Gasteiger partial charge in [-0.1, -0.05) is 6.92 Å². The summed E-state index contributed by atoms with van der Waals surface area (Å²) in [5.74, 6) is 0.548. The van der Waals surface area contributed by atoms with Gasteiger partial charge in [0.2, 0.25) is 0 Å². The monoisotopic (exact) mass is 364 g/mol. The maximum Gasteiger partial charge on any atom is 0.159 e. The molecule has 0 spiro atoms. The number of fused-ring (bicyclic) bond motifs is 2. The molecule has 1 aromatic carbocycles. The van der Waals surface area contributed by atoms with Crippen molar-refractivity contribution in [2.75, 3.05) is 23.7 Å². The number of aromatic hydroxyl groups is 2. The molecular weight excluding hydrogens is 340 g/mol. The molecule has 3 heterocycles. The number of pyridine rings is 2. The molecule has 0 unspecified atom stereocenters. The van der Waals surface area contributed by atoms with Crippen molar-refractivity contribution in [2.45, 2.75) is 26.2 Å². The summed E-state index contributed by atoms with van der Waals surface area (Å²) >= 11 is 0. The fourth-order valence-electron chi connectivity index (χ4n) is 3.77. The van der Waals surface area contributed by atoms with E-state index < -0.39 is 0 Å². The van der Waals surface area contributed by atoms with Gasteiger partial charge in [-0.2, -0.15) is 0 Å². The van der Waals surface area contributed by atoms with Crippen molar-refractivity contribution in [1.29, 1.82) is 0 Å². The van der Waals surface area contributed by atoms with Crippen LogP contribution in [0.15, 0.2) is 36.7 Å². The highest BCUT2D eigenvalue weighted by molar-refractivity contribution is 5.94. The van der Waals surface area contributed by atoms with Crippen molar-refractivity contribution in [2.24, 2.45) is 5.92 Å². The summed E-state index contributed by atoms with van der Waals surface area (Å²) in [5.41, 5.74) is 10.8. The predicted octanol–water partition coefficient (Wildman–Crippen LogP) is 3.25. The molecule has 3 aromatic rings. The molecule has 5 rings (SSSR count). The number of rotatable bonds is 1. The van der Waals surface area contributed by atoms with Crippen molar-refractivity contribution >= 4 is 22.3 Å². The number of benzene rings is 1. The second-order valence-corrected chi connectivity index (χ2v) is 7.38. The van der Waals surface area contributed by atoms with E-state index >= 15 is 0 Å². The fourth-order valence-corrected chi connectivity index (χ4v) is 3.77. The van der Waals surface area contributed by atoms with Crippen LogP contribution in [-0.2, 0) is 12.8 Å². The Morgan fingerprint density at radius 1 is 1.15 bits per heavy atom. The van der Waals surface area contributed by atoms with E-state index in [4.69, 9.17) is 5.73 Å². The van der Waals surface area contributed by atoms with E-state index in [0.29, 0.717) is 11.2 Å². The van der Waals surface area contributed by atoms with Gasteiger partial charge in [0.25, 0.3) is 0 Å². The van der Waals surface area contributed by atoms with Crippen LogP contribution in [0.5, 0.6) is 11.5 Å². The third kappa shape index (κ3) is 3.35. The second kappa shape index (κ2) is 6.95. The topological polar surface area (TPSA) is 95.5 Å². The van der Waals surface area contributed by atoms with E-state index in [1.165, 1.54) is 30.9 Å². The lowest BCUT2D eigenvalue weighted by molar-refractivity contribution is 0.405. The molecule has 1 aliphatic carbocycles. The highest BCUT2D eigenvalue weighted by atomic mass is 16.3. The van der Waals surface area contributed by atoms with Gasteiger partial charge in [0.15, 0.2) is 11.5 Å². The maximum absolute atomic E-state index is 9.46. The standard InChI is InChI=1S/C12H12N2O2.C9H12N2/c13-12-6-2-1-3-8(6)14-9-5-11(16)10(15)4-7(9)12;1-8-6-11(7-8)9-3-2-4-10-5-9/h4-5,15-16H,1-3H2,(H2,13,14);2-5,8H,6-7H2,1H3. The van der Waals surface area contributed by atoms with E-state index in [0.717, 1.165) is 41.8 Å². The van der Waals surface area contributed by atoms with Crippen molar-refractivity contribution in [3.63, 3.8) is 0 Å². The minimum Gasteiger partial charge on any atom is -0.504 e. The summed E-state index contributed by atoms with van der Waals surface area (Å²) in [7, 11) is 0. The molecule has 4 N–H and O–H groups in total. The van der Waals surface area contributed by atoms with Gasteiger partial charge in [0.05, 0.1) is 17.4 Å². The first-order valence-corrected chi connectivity index (χ1v) is 9.31. The molecule has 140 valence electrons. The first-order chi connectivity index (χ1) is 13.0. The Hall–Kier alpha value is -3.02. The van der Waals surface area contributed by atoms with Crippen molar-refractivity contribution in [3.8, 4) is 11.5 Å². The Labute approximate surface area is 158 Å². The zero-order chi connectivity index (χ0) is 19.0. The summed E-state index contributed by atoms with van der Waals surface area (Å²) in [6, 6.07) is 7.03. The van der Waals surface area contributed by atoms with E-state index in [-0.39, 0.29) is 11.5 Å². The van der Waals surface area contributed by atoms with Crippen LogP contribution in [0.25, 0.3) is 10.9 Å². The first-order valence-electron chi connectivity index (χ1n) is 9.31. The quantitative estimate of drug-likeness (QED) is 0.574. The number of aromatic nitrogens is 2. The Balaban J connectivity index is 0.000000143. The van der Waals surface area contributed by atoms with Crippen LogP contribution in [0.2, 0.25) is 0 Å². The third-order valence-corrected chi connectivity index (χ3v) is 5.23. The molecule has 2 aromatic heterocycles. The SMILES string of the molecule is CC1CN(c2cccnc2)C1.Nc1c2c(nc3cc(O)c(O)cc13)CCC2. The number of nitrogens with two attached hydrogens (primary N) is 1. The summed E-state index contributed by atoms with van der Waals surface area (Å²) in [4.78, 5) is 10.9. The van der Waals surface area contributed by atoms with E-state index in [1.54, 1.807) is 0 Å². The lowest BCUT2D eigenvalue weighted by Gasteiger charge is -2.38. The van der Waals surface area contributed by atoms with Gasteiger partial charge in [-0.3, -0.25) is 9.97 Å². The van der Waals surface area contributed by atoms with Gasteiger partial charge in [0, 0.05) is 42.1 Å². The van der Waals surface area contributed by atoms with Crippen LogP contribution >= 0.6 is 0 Å². The normalized spacial score (nSPS) is 15.8. The Kier molecular flexibility index (Phi) is 4.48. The van der Waals surface area contributed by atoms with Gasteiger partial charge in [0.1, 0.15) is 0 Å². The second-order valence-electron chi connectivity index (χ2n) is 7.38. The van der Waals surface area contributed by atoms with Crippen LogP contribution in [-0.4, -0.2) is 33.3 Å². The molecule has 2 aliphatic rings. The van der Waals surface area contributed by atoms with Gasteiger partial charge in [-0.05, 0) is 48.9 Å². The Morgan fingerprint density at radius 2 is 1.93 bits per heavy atom. The molecular formula is C21H24N4O2. The molecule has 1 aliphatic heterocycles. The minimum absolute atomic E-state index is 0.154. The van der Waals surface area contributed by atoms with Gasteiger partial charge >= 0.3 is 0 Å². The zero-order valence-corrected chi connectivity index (χ0v) is 15.4. The van der Waals surface area contributed by atoms with Crippen molar-refractivity contribution in [3.05, 3.63) is 47.9 Å². The maximum atomic E-state index is 9.46. The van der Waals surface area contributed by atoms with Crippen LogP contribution in [0.4, 0.5) is 11.4 Å². The molecule has 1 fully saturated rings. The third-order valence-electron chi connectivity index (χ3n) is 5.23. The number of hydrogen-bond acceptors (Lipinski definition) is 6. The Bertz CT molecular complexity index is 969. The van der Waals surface area contributed by atoms with E-state index in [1.807, 2.05) is 18.5 Å². The van der Waals surface area contributed by atoms with Crippen LogP contribution in [0, 0.1) is 5.92 Å². The minimum atomic E-state index is -0.155. The van der Waals surface area contributed by atoms with Gasteiger partial charge in [-0.15, -0.1) is 0 Å². The number of aryl methyl sites for hydroxylation is 1. The summed E-state index contributed by atoms with van der Waals surface area (Å²) in [6.07, 6.45) is 6.70. The molecule has 0 atom stereocenters. The number of hydrogen-bond donors (Lipinski definition) is 3. The average Bonchev–Trinajstić information content (AvgIpc) is 3.11. The first kappa shape index (κ1) is 17.4. The molecule has 0 amide bonds. The largest absolute Gasteiger partial charge is 0.504 e. The molecule has 6 heteroatoms. The lowest BCUT2D eigenvalue weighted by atomic mass is 10.0. The number of nitrogens with zero attached hydrogens (tertiary/aromatic N) is 3. The molecule has 0 saturated carbocycles. The summed E-state index contributed by atoms with van der Waals surface area (Å²) in [5, 5.41) is 19.6. The lowest BCUT2D eigenvalue weighted by Crippen LogP contribution is -2.45. The molecule has 1 saturated heterocycles. The smallest absolute Gasteiger partial charge is 0.159 e. The van der Waals surface area contributed by atoms with Crippen LogP contribution < -0.4 is 10.6 Å². The van der Waals surface area contributed by atoms with E-state index in [2.05, 4.69) is 27.9 Å². The molecule has 27 heavy (non-hydrogen) atoms. The van der Waals surface area contributed by atoms with Crippen LogP contribution in [0.3, 0.4) is 0 Å². The summed E-state index contributed by atoms with van der Waals surface area (Å²) < 4.78 is 0. The van der Waals surface area contributed by atoms with Gasteiger partial charge < -0.3 is 20.8 Å². The number of phenols is 2. The highest BCUT2D eigenvalue weighted by Gasteiger charge is 2.22. The van der Waals surface area contributed by atoms with Crippen LogP contribution in [0.1, 0.15) is 24.6 Å². The summed E-state index contributed by atoms with van der Waals surface area (Å²) in [6.45, 7) is 4.64. The molecule has 6 nitrogen and oxygen atoms in total. The number of phenolic OH excluding ortho intramolecular Hbond substituents is 2. The number of nitrogen functional groups attached to an aromatic ring is 1. The zero-order valence-electron chi connectivity index (χ0n) is 15.4. The molecule has 0 radical (unpaired) electrons. The van der Waals surface area contributed by atoms with Crippen molar-refractivity contribution in [1.82, 2.24) is 9.97 Å². The van der Waals surface area contributed by atoms with Crippen molar-refractivity contribution < 1.29 is 10.2 Å². The highest BCUT2D eigenvalue weighted by Crippen LogP contribution is 2.36. The average molecular weight is 364 g/mol. The van der Waals surface area contributed by atoms with Gasteiger partial charge in [-0.25, -0.2) is 0 Å². The van der Waals surface area contributed by atoms with E-state index in [9.17, 15) is 10.2 Å². The Morgan fingerprint density at radius 3 is 2.63 bits per heavy atom. The number of anilines is 2.